The number of carboxylic acid groups (broad SMARTS) is 1. The first-order valence-electron chi connectivity index (χ1n) is 10.8. The minimum absolute atomic E-state index is 0.131. The normalized spacial score (nSPS) is 13.0. The van der Waals surface area contributed by atoms with E-state index < -0.39 is 59.5 Å². The molecule has 0 radical (unpaired) electrons. The second kappa shape index (κ2) is 16.0. The number of hydrogen-bond acceptors (Lipinski definition) is 7. The average molecular weight is 487 g/mol. The van der Waals surface area contributed by atoms with Crippen LogP contribution in [0.3, 0.4) is 0 Å². The van der Waals surface area contributed by atoms with Gasteiger partial charge in [0.15, 0.2) is 0 Å². The van der Waals surface area contributed by atoms with Gasteiger partial charge >= 0.3 is 5.97 Å². The zero-order chi connectivity index (χ0) is 26.3. The fraction of sp³-hybridized carbons (Fsp3) is 0.650. The second-order valence-corrected chi connectivity index (χ2v) is 7.69. The summed E-state index contributed by atoms with van der Waals surface area (Å²) in [6, 6.07) is -3.04. The van der Waals surface area contributed by atoms with Gasteiger partial charge in [-0.2, -0.15) is 0 Å². The number of nitrogens with one attached hydrogen (secondary N) is 4. The molecule has 0 heterocycles. The minimum Gasteiger partial charge on any atom is -0.481 e. The zero-order valence-corrected chi connectivity index (χ0v) is 19.3. The largest absolute Gasteiger partial charge is 0.481 e. The predicted molar refractivity (Wildman–Crippen MR) is 118 cm³/mol. The van der Waals surface area contributed by atoms with E-state index in [9.17, 15) is 33.6 Å². The summed E-state index contributed by atoms with van der Waals surface area (Å²) < 4.78 is 0. The van der Waals surface area contributed by atoms with Gasteiger partial charge < -0.3 is 37.8 Å². The monoisotopic (exact) mass is 486 g/mol. The molecule has 14 heteroatoms. The summed E-state index contributed by atoms with van der Waals surface area (Å²) in [7, 11) is 0. The molecule has 0 fully saturated rings. The van der Waals surface area contributed by atoms with E-state index in [2.05, 4.69) is 21.3 Å². The Balaban J connectivity index is 4.48. The van der Waals surface area contributed by atoms with E-state index in [-0.39, 0.29) is 38.6 Å². The molecule has 9 N–H and O–H groups in total. The maximum Gasteiger partial charge on any atom is 0.303 e. The molecule has 34 heavy (non-hydrogen) atoms. The molecular weight excluding hydrogens is 452 g/mol. The van der Waals surface area contributed by atoms with Gasteiger partial charge in [-0.1, -0.05) is 0 Å². The Labute approximate surface area is 196 Å². The second-order valence-electron chi connectivity index (χ2n) is 7.69. The summed E-state index contributed by atoms with van der Waals surface area (Å²) in [5.74, 6) is -4.76. The van der Waals surface area contributed by atoms with Crippen molar-refractivity contribution >= 4 is 41.4 Å². The van der Waals surface area contributed by atoms with Gasteiger partial charge in [-0.05, 0) is 32.6 Å². The highest BCUT2D eigenvalue weighted by molar-refractivity contribution is 5.91. The molecule has 0 saturated carbocycles. The standard InChI is InChI=1S/C20H34N6O8/c1-11(24-12(2)27)20(34)26-14(19(22)33)6-7-16(29)25-13(18(21)32)5-3-4-10-23-15(28)8-9-17(30)31/h11,13-14H,3-10H2,1-2H3,(H2,21,32)(H2,22,33)(H,23,28)(H,24,27)(H,25,29)(H,26,34)(H,30,31). The van der Waals surface area contributed by atoms with Crippen LogP contribution < -0.4 is 32.7 Å². The Bertz CT molecular complexity index is 772. The van der Waals surface area contributed by atoms with Gasteiger partial charge in [0.05, 0.1) is 6.42 Å². The van der Waals surface area contributed by atoms with Crippen molar-refractivity contribution in [3.8, 4) is 0 Å². The number of carbonyl (C=O) groups excluding carboxylic acids is 6. The van der Waals surface area contributed by atoms with Crippen molar-refractivity contribution in [3.63, 3.8) is 0 Å². The van der Waals surface area contributed by atoms with Crippen LogP contribution in [-0.4, -0.2) is 71.2 Å². The summed E-state index contributed by atoms with van der Waals surface area (Å²) in [6.45, 7) is 2.92. The van der Waals surface area contributed by atoms with Crippen molar-refractivity contribution in [2.75, 3.05) is 6.54 Å². The van der Waals surface area contributed by atoms with Crippen molar-refractivity contribution in [3.05, 3.63) is 0 Å². The van der Waals surface area contributed by atoms with Gasteiger partial charge in [0.2, 0.25) is 35.4 Å². The molecule has 3 unspecified atom stereocenters. The van der Waals surface area contributed by atoms with Crippen molar-refractivity contribution in [1.82, 2.24) is 21.3 Å². The Morgan fingerprint density at radius 2 is 1.35 bits per heavy atom. The van der Waals surface area contributed by atoms with E-state index in [4.69, 9.17) is 16.6 Å². The van der Waals surface area contributed by atoms with Crippen LogP contribution in [-0.2, 0) is 33.6 Å². The van der Waals surface area contributed by atoms with E-state index in [1.807, 2.05) is 0 Å². The van der Waals surface area contributed by atoms with Gasteiger partial charge in [-0.15, -0.1) is 0 Å². The third-order valence-electron chi connectivity index (χ3n) is 4.62. The van der Waals surface area contributed by atoms with Crippen LogP contribution >= 0.6 is 0 Å². The molecular formula is C20H34N6O8. The van der Waals surface area contributed by atoms with Crippen LogP contribution in [0.1, 0.15) is 58.8 Å². The number of carboxylic acids is 1. The first kappa shape index (κ1) is 30.3. The Morgan fingerprint density at radius 1 is 0.765 bits per heavy atom. The molecule has 0 aromatic carbocycles. The number of primary amides is 2. The van der Waals surface area contributed by atoms with Gasteiger partial charge in [0.25, 0.3) is 0 Å². The lowest BCUT2D eigenvalue weighted by Gasteiger charge is -2.20. The molecule has 0 bridgehead atoms. The van der Waals surface area contributed by atoms with Gasteiger partial charge in [-0.3, -0.25) is 33.6 Å². The Kier molecular flexibility index (Phi) is 14.2. The molecule has 0 aromatic heterocycles. The smallest absolute Gasteiger partial charge is 0.303 e. The fourth-order valence-electron chi connectivity index (χ4n) is 2.79. The van der Waals surface area contributed by atoms with E-state index in [1.165, 1.54) is 13.8 Å². The van der Waals surface area contributed by atoms with Gasteiger partial charge in [0, 0.05) is 26.3 Å². The molecule has 6 amide bonds. The lowest BCUT2D eigenvalue weighted by atomic mass is 10.1. The fourth-order valence-corrected chi connectivity index (χ4v) is 2.79. The Hall–Kier alpha value is -3.71. The lowest BCUT2D eigenvalue weighted by Crippen LogP contribution is -2.52. The highest BCUT2D eigenvalue weighted by Crippen LogP contribution is 2.04. The van der Waals surface area contributed by atoms with E-state index in [0.717, 1.165) is 0 Å². The van der Waals surface area contributed by atoms with Gasteiger partial charge in [0.1, 0.15) is 18.1 Å². The van der Waals surface area contributed by atoms with Crippen LogP contribution in [0.5, 0.6) is 0 Å². The summed E-state index contributed by atoms with van der Waals surface area (Å²) in [4.78, 5) is 80.4. The third kappa shape index (κ3) is 14.4. The lowest BCUT2D eigenvalue weighted by molar-refractivity contribution is -0.138. The highest BCUT2D eigenvalue weighted by atomic mass is 16.4. The topological polar surface area (TPSA) is 240 Å². The summed E-state index contributed by atoms with van der Waals surface area (Å²) in [6.07, 6.45) is 0.356. The number of hydrogen-bond donors (Lipinski definition) is 7. The highest BCUT2D eigenvalue weighted by Gasteiger charge is 2.24. The first-order valence-corrected chi connectivity index (χ1v) is 10.8. The Morgan fingerprint density at radius 3 is 1.88 bits per heavy atom. The molecule has 0 rings (SSSR count). The summed E-state index contributed by atoms with van der Waals surface area (Å²) in [5.41, 5.74) is 10.6. The molecule has 192 valence electrons. The molecule has 0 saturated heterocycles. The average Bonchev–Trinajstić information content (AvgIpc) is 2.72. The van der Waals surface area contributed by atoms with Crippen LogP contribution in [0.4, 0.5) is 0 Å². The van der Waals surface area contributed by atoms with Crippen molar-refractivity contribution in [2.45, 2.75) is 76.9 Å². The van der Waals surface area contributed by atoms with E-state index in [0.29, 0.717) is 12.8 Å². The van der Waals surface area contributed by atoms with Gasteiger partial charge in [-0.25, -0.2) is 0 Å². The summed E-state index contributed by atoms with van der Waals surface area (Å²) >= 11 is 0. The number of rotatable bonds is 17. The SMILES string of the molecule is CC(=O)NC(C)C(=O)NC(CCC(=O)NC(CCCCNC(=O)CCC(=O)O)C(N)=O)C(N)=O. The van der Waals surface area contributed by atoms with Crippen LogP contribution in [0, 0.1) is 0 Å². The third-order valence-corrected chi connectivity index (χ3v) is 4.62. The molecule has 0 aromatic rings. The number of carbonyl (C=O) groups is 7. The maximum absolute atomic E-state index is 12.2. The maximum atomic E-state index is 12.2. The molecule has 0 aliphatic heterocycles. The number of amides is 6. The quantitative estimate of drug-likeness (QED) is 0.107. The van der Waals surface area contributed by atoms with Crippen molar-refractivity contribution in [2.24, 2.45) is 11.5 Å². The molecule has 3 atom stereocenters. The summed E-state index contributed by atoms with van der Waals surface area (Å²) in [5, 5.41) is 18.3. The van der Waals surface area contributed by atoms with Crippen molar-refractivity contribution in [1.29, 1.82) is 0 Å². The molecule has 14 nitrogen and oxygen atoms in total. The van der Waals surface area contributed by atoms with Crippen LogP contribution in [0.15, 0.2) is 0 Å². The molecule has 0 aliphatic carbocycles. The minimum atomic E-state index is -1.16. The number of unbranched alkanes of at least 4 members (excludes halogenated alkanes) is 1. The van der Waals surface area contributed by atoms with E-state index >= 15 is 0 Å². The number of aliphatic carboxylic acids is 1. The van der Waals surface area contributed by atoms with Crippen LogP contribution in [0.2, 0.25) is 0 Å². The zero-order valence-electron chi connectivity index (χ0n) is 19.3. The van der Waals surface area contributed by atoms with Crippen molar-refractivity contribution < 1.29 is 38.7 Å². The van der Waals surface area contributed by atoms with E-state index in [1.54, 1.807) is 0 Å². The molecule has 0 aliphatic rings. The predicted octanol–water partition coefficient (Wildman–Crippen LogP) is -2.62. The first-order chi connectivity index (χ1) is 15.8. The van der Waals surface area contributed by atoms with Crippen LogP contribution in [0.25, 0.3) is 0 Å². The number of nitrogens with two attached hydrogens (primary N) is 2. The molecule has 0 spiro atoms.